The molecule has 1 N–H and O–H groups in total. The first kappa shape index (κ1) is 15.7. The fraction of sp³-hybridized carbons (Fsp3) is 0.176. The number of non-ortho nitro benzene ring substituents is 1. The predicted octanol–water partition coefficient (Wildman–Crippen LogP) is 2.93. The van der Waals surface area contributed by atoms with Crippen molar-refractivity contribution in [1.82, 2.24) is 9.55 Å². The number of carboxylic acid groups (broad SMARTS) is 1. The van der Waals surface area contributed by atoms with Crippen LogP contribution in [0.2, 0.25) is 0 Å². The Balaban J connectivity index is 2.04. The quantitative estimate of drug-likeness (QED) is 0.574. The molecule has 0 aliphatic carbocycles. The molecule has 0 bridgehead atoms. The topological polar surface area (TPSA) is 98.3 Å². The first-order chi connectivity index (χ1) is 11.5. The van der Waals surface area contributed by atoms with Crippen LogP contribution in [-0.2, 0) is 17.8 Å². The van der Waals surface area contributed by atoms with Gasteiger partial charge < -0.3 is 9.67 Å². The smallest absolute Gasteiger partial charge is 0.307 e. The van der Waals surface area contributed by atoms with E-state index in [9.17, 15) is 14.9 Å². The van der Waals surface area contributed by atoms with E-state index in [0.29, 0.717) is 12.2 Å². The molecule has 0 saturated carbocycles. The third kappa shape index (κ3) is 2.83. The number of nitro groups is 1. The lowest BCUT2D eigenvalue weighted by Crippen LogP contribution is -2.05. The van der Waals surface area contributed by atoms with Gasteiger partial charge in [0, 0.05) is 36.0 Å². The molecule has 122 valence electrons. The Morgan fingerprint density at radius 2 is 2.00 bits per heavy atom. The number of pyridine rings is 1. The van der Waals surface area contributed by atoms with Crippen LogP contribution >= 0.6 is 0 Å². The molecule has 7 heteroatoms. The average Bonchev–Trinajstić information content (AvgIpc) is 2.81. The number of carboxylic acids is 1. The lowest BCUT2D eigenvalue weighted by Gasteiger charge is -2.08. The van der Waals surface area contributed by atoms with Crippen molar-refractivity contribution in [1.29, 1.82) is 0 Å². The van der Waals surface area contributed by atoms with Crippen LogP contribution in [0.5, 0.6) is 0 Å². The van der Waals surface area contributed by atoms with Gasteiger partial charge in [-0.25, -0.2) is 4.98 Å². The van der Waals surface area contributed by atoms with E-state index >= 15 is 0 Å². The third-order valence-electron chi connectivity index (χ3n) is 4.02. The van der Waals surface area contributed by atoms with Gasteiger partial charge in [0.15, 0.2) is 0 Å². The van der Waals surface area contributed by atoms with Crippen LogP contribution < -0.4 is 0 Å². The van der Waals surface area contributed by atoms with Crippen molar-refractivity contribution in [3.63, 3.8) is 0 Å². The summed E-state index contributed by atoms with van der Waals surface area (Å²) in [5.41, 5.74) is 3.22. The van der Waals surface area contributed by atoms with Gasteiger partial charge in [-0.1, -0.05) is 12.1 Å². The van der Waals surface area contributed by atoms with Crippen molar-refractivity contribution in [3.8, 4) is 0 Å². The van der Waals surface area contributed by atoms with Crippen molar-refractivity contribution >= 4 is 22.7 Å². The van der Waals surface area contributed by atoms with Gasteiger partial charge in [0.2, 0.25) is 0 Å². The Labute approximate surface area is 137 Å². The molecule has 24 heavy (non-hydrogen) atoms. The van der Waals surface area contributed by atoms with Gasteiger partial charge >= 0.3 is 5.97 Å². The van der Waals surface area contributed by atoms with Gasteiger partial charge in [-0.3, -0.25) is 14.9 Å². The molecule has 0 radical (unpaired) electrons. The summed E-state index contributed by atoms with van der Waals surface area (Å²) in [6.07, 6.45) is 1.60. The highest BCUT2D eigenvalue weighted by molar-refractivity contribution is 5.86. The molecule has 0 aliphatic heterocycles. The third-order valence-corrected chi connectivity index (χ3v) is 4.02. The fourth-order valence-corrected chi connectivity index (χ4v) is 2.84. The monoisotopic (exact) mass is 325 g/mol. The molecular weight excluding hydrogens is 310 g/mol. The number of benzene rings is 1. The SMILES string of the molecule is Cc1c(CC(=O)O)c2cccnc2n1Cc1ccc([N+](=O)[O-])cc1. The molecule has 3 aromatic rings. The average molecular weight is 325 g/mol. The summed E-state index contributed by atoms with van der Waals surface area (Å²) < 4.78 is 1.94. The van der Waals surface area contributed by atoms with E-state index in [1.807, 2.05) is 17.6 Å². The fourth-order valence-electron chi connectivity index (χ4n) is 2.84. The van der Waals surface area contributed by atoms with E-state index in [4.69, 9.17) is 5.11 Å². The molecule has 0 saturated heterocycles. The van der Waals surface area contributed by atoms with Gasteiger partial charge in [-0.15, -0.1) is 0 Å². The highest BCUT2D eigenvalue weighted by atomic mass is 16.6. The zero-order chi connectivity index (χ0) is 17.3. The number of hydrogen-bond acceptors (Lipinski definition) is 4. The molecule has 1 aromatic carbocycles. The molecule has 0 spiro atoms. The standard InChI is InChI=1S/C17H15N3O4/c1-11-15(9-16(21)22)14-3-2-8-18-17(14)19(11)10-12-4-6-13(7-5-12)20(23)24/h2-8H,9-10H2,1H3,(H,21,22). The minimum atomic E-state index is -0.892. The van der Waals surface area contributed by atoms with E-state index in [2.05, 4.69) is 4.98 Å². The van der Waals surface area contributed by atoms with E-state index in [0.717, 1.165) is 22.2 Å². The number of aliphatic carboxylic acids is 1. The Morgan fingerprint density at radius 3 is 2.62 bits per heavy atom. The molecular formula is C17H15N3O4. The second-order valence-electron chi connectivity index (χ2n) is 5.52. The van der Waals surface area contributed by atoms with Crippen molar-refractivity contribution in [3.05, 3.63) is 69.5 Å². The van der Waals surface area contributed by atoms with E-state index < -0.39 is 10.9 Å². The van der Waals surface area contributed by atoms with Crippen LogP contribution in [0.1, 0.15) is 16.8 Å². The number of hydrogen-bond donors (Lipinski definition) is 1. The van der Waals surface area contributed by atoms with Gasteiger partial charge in [-0.05, 0) is 30.2 Å². The number of nitrogens with zero attached hydrogens (tertiary/aromatic N) is 3. The largest absolute Gasteiger partial charge is 0.481 e. The van der Waals surface area contributed by atoms with Gasteiger partial charge in [0.25, 0.3) is 5.69 Å². The van der Waals surface area contributed by atoms with E-state index in [-0.39, 0.29) is 12.1 Å². The van der Waals surface area contributed by atoms with Crippen molar-refractivity contribution in [2.75, 3.05) is 0 Å². The summed E-state index contributed by atoms with van der Waals surface area (Å²) in [6.45, 7) is 2.34. The Morgan fingerprint density at radius 1 is 1.29 bits per heavy atom. The number of aromatic nitrogens is 2. The zero-order valence-corrected chi connectivity index (χ0v) is 13.0. The van der Waals surface area contributed by atoms with Crippen molar-refractivity contribution < 1.29 is 14.8 Å². The summed E-state index contributed by atoms with van der Waals surface area (Å²) in [7, 11) is 0. The predicted molar refractivity (Wildman–Crippen MR) is 88.0 cm³/mol. The first-order valence-corrected chi connectivity index (χ1v) is 7.35. The molecule has 0 aliphatic rings. The van der Waals surface area contributed by atoms with Crippen LogP contribution in [0.15, 0.2) is 42.6 Å². The maximum absolute atomic E-state index is 11.1. The van der Waals surface area contributed by atoms with Crippen molar-refractivity contribution in [2.24, 2.45) is 0 Å². The zero-order valence-electron chi connectivity index (χ0n) is 13.0. The number of rotatable bonds is 5. The first-order valence-electron chi connectivity index (χ1n) is 7.35. The summed E-state index contributed by atoms with van der Waals surface area (Å²) in [4.78, 5) is 25.8. The number of fused-ring (bicyclic) bond motifs is 1. The van der Waals surface area contributed by atoms with Gasteiger partial charge in [0.1, 0.15) is 5.65 Å². The molecule has 0 amide bonds. The minimum Gasteiger partial charge on any atom is -0.481 e. The lowest BCUT2D eigenvalue weighted by atomic mass is 10.1. The molecule has 0 fully saturated rings. The van der Waals surface area contributed by atoms with Crippen LogP contribution in [0.25, 0.3) is 11.0 Å². The molecule has 3 rings (SSSR count). The maximum Gasteiger partial charge on any atom is 0.307 e. The molecule has 7 nitrogen and oxygen atoms in total. The Kier molecular flexibility index (Phi) is 3.99. The highest BCUT2D eigenvalue weighted by Crippen LogP contribution is 2.26. The summed E-state index contributed by atoms with van der Waals surface area (Å²) >= 11 is 0. The Hall–Kier alpha value is -3.22. The van der Waals surface area contributed by atoms with Gasteiger partial charge in [-0.2, -0.15) is 0 Å². The van der Waals surface area contributed by atoms with E-state index in [1.54, 1.807) is 24.4 Å². The number of carbonyl (C=O) groups is 1. The summed E-state index contributed by atoms with van der Waals surface area (Å²) in [5, 5.41) is 20.7. The number of nitro benzene ring substituents is 1. The second kappa shape index (κ2) is 6.11. The molecule has 2 heterocycles. The highest BCUT2D eigenvalue weighted by Gasteiger charge is 2.17. The molecule has 2 aromatic heterocycles. The van der Waals surface area contributed by atoms with Gasteiger partial charge in [0.05, 0.1) is 11.3 Å². The van der Waals surface area contributed by atoms with Crippen LogP contribution in [0, 0.1) is 17.0 Å². The van der Waals surface area contributed by atoms with E-state index in [1.165, 1.54) is 12.1 Å². The van der Waals surface area contributed by atoms with Crippen LogP contribution in [0.3, 0.4) is 0 Å². The normalized spacial score (nSPS) is 10.9. The van der Waals surface area contributed by atoms with Crippen molar-refractivity contribution in [2.45, 2.75) is 19.9 Å². The Bertz CT molecular complexity index is 929. The maximum atomic E-state index is 11.1. The minimum absolute atomic E-state index is 0.0394. The van der Waals surface area contributed by atoms with Crippen LogP contribution in [0.4, 0.5) is 5.69 Å². The second-order valence-corrected chi connectivity index (χ2v) is 5.52. The molecule has 0 unspecified atom stereocenters. The molecule has 0 atom stereocenters. The summed E-state index contributed by atoms with van der Waals surface area (Å²) in [5.74, 6) is -0.892. The summed E-state index contributed by atoms with van der Waals surface area (Å²) in [6, 6.07) is 9.96. The lowest BCUT2D eigenvalue weighted by molar-refractivity contribution is -0.384. The van der Waals surface area contributed by atoms with Crippen LogP contribution in [-0.4, -0.2) is 25.6 Å².